The van der Waals surface area contributed by atoms with Gasteiger partial charge in [0.15, 0.2) is 0 Å². The van der Waals surface area contributed by atoms with Crippen molar-refractivity contribution in [2.75, 3.05) is 24.6 Å². The van der Waals surface area contributed by atoms with E-state index < -0.39 is 0 Å². The normalized spacial score (nSPS) is 15.9. The van der Waals surface area contributed by atoms with E-state index in [9.17, 15) is 4.79 Å². The highest BCUT2D eigenvalue weighted by Gasteiger charge is 2.17. The monoisotopic (exact) mass is 338 g/mol. The number of halogens is 1. The van der Waals surface area contributed by atoms with Crippen LogP contribution in [0.5, 0.6) is 0 Å². The third kappa shape index (κ3) is 2.82. The molecule has 1 aromatic heterocycles. The SMILES string of the molecule is O=C(Cn1ccc2cc(Br)ccc21)N1CCSCC1. The summed E-state index contributed by atoms with van der Waals surface area (Å²) in [6.45, 7) is 2.21. The summed E-state index contributed by atoms with van der Waals surface area (Å²) in [5, 5.41) is 1.16. The van der Waals surface area contributed by atoms with Gasteiger partial charge in [-0.1, -0.05) is 15.9 Å². The van der Waals surface area contributed by atoms with Crippen LogP contribution in [-0.2, 0) is 11.3 Å². The van der Waals surface area contributed by atoms with Crippen LogP contribution >= 0.6 is 27.7 Å². The fourth-order valence-electron chi connectivity index (χ4n) is 2.37. The predicted octanol–water partition coefficient (Wildman–Crippen LogP) is 2.98. The molecule has 1 amide bonds. The molecule has 3 nitrogen and oxygen atoms in total. The van der Waals surface area contributed by atoms with Crippen molar-refractivity contribution in [1.82, 2.24) is 9.47 Å². The third-order valence-corrected chi connectivity index (χ3v) is 4.84. The number of nitrogens with zero attached hydrogens (tertiary/aromatic N) is 2. The van der Waals surface area contributed by atoms with Crippen LogP contribution in [0, 0.1) is 0 Å². The lowest BCUT2D eigenvalue weighted by Gasteiger charge is -2.26. The molecule has 1 aromatic carbocycles. The van der Waals surface area contributed by atoms with Crippen molar-refractivity contribution < 1.29 is 4.79 Å². The Morgan fingerprint density at radius 1 is 1.26 bits per heavy atom. The van der Waals surface area contributed by atoms with Gasteiger partial charge in [-0.15, -0.1) is 0 Å². The number of rotatable bonds is 2. The van der Waals surface area contributed by atoms with Gasteiger partial charge in [-0.25, -0.2) is 0 Å². The highest BCUT2D eigenvalue weighted by Crippen LogP contribution is 2.21. The van der Waals surface area contributed by atoms with E-state index in [4.69, 9.17) is 0 Å². The van der Waals surface area contributed by atoms with Crippen molar-refractivity contribution in [2.45, 2.75) is 6.54 Å². The highest BCUT2D eigenvalue weighted by molar-refractivity contribution is 9.10. The molecule has 5 heteroatoms. The van der Waals surface area contributed by atoms with E-state index >= 15 is 0 Å². The van der Waals surface area contributed by atoms with Gasteiger partial charge in [-0.3, -0.25) is 4.79 Å². The summed E-state index contributed by atoms with van der Waals surface area (Å²) >= 11 is 5.39. The molecule has 0 N–H and O–H groups in total. The molecule has 2 aromatic rings. The minimum atomic E-state index is 0.223. The molecule has 0 saturated carbocycles. The first-order valence-electron chi connectivity index (χ1n) is 6.34. The molecule has 0 unspecified atom stereocenters. The van der Waals surface area contributed by atoms with Crippen molar-refractivity contribution in [1.29, 1.82) is 0 Å². The number of benzene rings is 1. The minimum Gasteiger partial charge on any atom is -0.339 e. The minimum absolute atomic E-state index is 0.223. The van der Waals surface area contributed by atoms with Gasteiger partial charge in [0.25, 0.3) is 0 Å². The maximum atomic E-state index is 12.3. The number of hydrogen-bond acceptors (Lipinski definition) is 2. The Kier molecular flexibility index (Phi) is 3.84. The van der Waals surface area contributed by atoms with Crippen LogP contribution in [0.2, 0.25) is 0 Å². The summed E-state index contributed by atoms with van der Waals surface area (Å²) in [5.74, 6) is 2.34. The van der Waals surface area contributed by atoms with Crippen LogP contribution in [0.4, 0.5) is 0 Å². The number of thioether (sulfide) groups is 1. The maximum Gasteiger partial charge on any atom is 0.242 e. The van der Waals surface area contributed by atoms with Crippen LogP contribution in [0.1, 0.15) is 0 Å². The first-order chi connectivity index (χ1) is 9.24. The molecular weight excluding hydrogens is 324 g/mol. The third-order valence-electron chi connectivity index (χ3n) is 3.40. The maximum absolute atomic E-state index is 12.3. The lowest BCUT2D eigenvalue weighted by atomic mass is 10.2. The molecular formula is C14H15BrN2OS. The number of hydrogen-bond donors (Lipinski definition) is 0. The summed E-state index contributed by atoms with van der Waals surface area (Å²) in [6.07, 6.45) is 1.99. The van der Waals surface area contributed by atoms with Gasteiger partial charge in [0.05, 0.1) is 0 Å². The zero-order valence-electron chi connectivity index (χ0n) is 10.5. The number of aromatic nitrogens is 1. The second-order valence-electron chi connectivity index (χ2n) is 4.64. The summed E-state index contributed by atoms with van der Waals surface area (Å²) < 4.78 is 3.10. The molecule has 0 aliphatic carbocycles. The molecule has 100 valence electrons. The first-order valence-corrected chi connectivity index (χ1v) is 8.29. The zero-order chi connectivity index (χ0) is 13.2. The average Bonchev–Trinajstić information content (AvgIpc) is 2.82. The molecule has 0 radical (unpaired) electrons. The Morgan fingerprint density at radius 2 is 2.05 bits per heavy atom. The van der Waals surface area contributed by atoms with E-state index in [1.165, 1.54) is 0 Å². The van der Waals surface area contributed by atoms with E-state index in [2.05, 4.69) is 34.1 Å². The second-order valence-corrected chi connectivity index (χ2v) is 6.78. The van der Waals surface area contributed by atoms with Gasteiger partial charge in [-0.05, 0) is 24.3 Å². The van der Waals surface area contributed by atoms with Crippen LogP contribution in [0.25, 0.3) is 10.9 Å². The topological polar surface area (TPSA) is 25.2 Å². The van der Waals surface area contributed by atoms with Crippen molar-refractivity contribution in [3.63, 3.8) is 0 Å². The molecule has 3 rings (SSSR count). The van der Waals surface area contributed by atoms with Crippen molar-refractivity contribution in [3.05, 3.63) is 34.9 Å². The molecule has 1 aliphatic rings. The van der Waals surface area contributed by atoms with Gasteiger partial charge >= 0.3 is 0 Å². The molecule has 0 spiro atoms. The number of amides is 1. The summed E-state index contributed by atoms with van der Waals surface area (Å²) in [4.78, 5) is 14.2. The van der Waals surface area contributed by atoms with Gasteiger partial charge in [0.1, 0.15) is 6.54 Å². The van der Waals surface area contributed by atoms with Crippen LogP contribution in [0.15, 0.2) is 34.9 Å². The predicted molar refractivity (Wildman–Crippen MR) is 83.5 cm³/mol. The van der Waals surface area contributed by atoms with Crippen molar-refractivity contribution in [3.8, 4) is 0 Å². The Labute approximate surface area is 125 Å². The Bertz CT molecular complexity index is 605. The van der Waals surface area contributed by atoms with E-state index in [1.807, 2.05) is 33.5 Å². The lowest BCUT2D eigenvalue weighted by molar-refractivity contribution is -0.131. The molecule has 1 fully saturated rings. The number of carbonyl (C=O) groups is 1. The van der Waals surface area contributed by atoms with Crippen LogP contribution < -0.4 is 0 Å². The standard InChI is InChI=1S/C14H15BrN2OS/c15-12-1-2-13-11(9-12)3-4-17(13)10-14(18)16-5-7-19-8-6-16/h1-4,9H,5-8,10H2. The van der Waals surface area contributed by atoms with E-state index in [1.54, 1.807) is 0 Å². The second kappa shape index (κ2) is 5.59. The molecule has 1 saturated heterocycles. The van der Waals surface area contributed by atoms with E-state index in [0.717, 1.165) is 40.0 Å². The quantitative estimate of drug-likeness (QED) is 0.841. The average molecular weight is 339 g/mol. The Hall–Kier alpha value is -0.940. The Balaban J connectivity index is 1.79. The molecule has 0 bridgehead atoms. The number of fused-ring (bicyclic) bond motifs is 1. The fourth-order valence-corrected chi connectivity index (χ4v) is 3.65. The largest absolute Gasteiger partial charge is 0.339 e. The van der Waals surface area contributed by atoms with Gasteiger partial charge < -0.3 is 9.47 Å². The van der Waals surface area contributed by atoms with Crippen LogP contribution in [-0.4, -0.2) is 40.0 Å². The Morgan fingerprint density at radius 3 is 2.84 bits per heavy atom. The van der Waals surface area contributed by atoms with Crippen molar-refractivity contribution in [2.24, 2.45) is 0 Å². The first kappa shape index (κ1) is 13.1. The molecule has 19 heavy (non-hydrogen) atoms. The summed E-state index contributed by atoms with van der Waals surface area (Å²) in [7, 11) is 0. The highest BCUT2D eigenvalue weighted by atomic mass is 79.9. The van der Waals surface area contributed by atoms with E-state index in [0.29, 0.717) is 6.54 Å². The fraction of sp³-hybridized carbons (Fsp3) is 0.357. The summed E-state index contributed by atoms with van der Waals surface area (Å²) in [5.41, 5.74) is 1.11. The van der Waals surface area contributed by atoms with Crippen molar-refractivity contribution >= 4 is 44.5 Å². The lowest BCUT2D eigenvalue weighted by Crippen LogP contribution is -2.39. The molecule has 0 atom stereocenters. The zero-order valence-corrected chi connectivity index (χ0v) is 12.9. The van der Waals surface area contributed by atoms with Crippen LogP contribution in [0.3, 0.4) is 0 Å². The van der Waals surface area contributed by atoms with Gasteiger partial charge in [0, 0.05) is 46.2 Å². The van der Waals surface area contributed by atoms with Gasteiger partial charge in [-0.2, -0.15) is 11.8 Å². The van der Waals surface area contributed by atoms with Gasteiger partial charge in [0.2, 0.25) is 5.91 Å². The summed E-state index contributed by atoms with van der Waals surface area (Å²) in [6, 6.07) is 8.20. The molecule has 1 aliphatic heterocycles. The molecule has 2 heterocycles. The smallest absolute Gasteiger partial charge is 0.242 e. The van der Waals surface area contributed by atoms with E-state index in [-0.39, 0.29) is 5.91 Å². The number of carbonyl (C=O) groups excluding carboxylic acids is 1.